The molecule has 0 N–H and O–H groups in total. The summed E-state index contributed by atoms with van der Waals surface area (Å²) in [6, 6.07) is 87.1. The fraction of sp³-hybridized carbons (Fsp3) is 0.0175. The van der Waals surface area contributed by atoms with Crippen LogP contribution in [0.5, 0.6) is 0 Å². The first-order valence-corrected chi connectivity index (χ1v) is 20.1. The van der Waals surface area contributed by atoms with Crippen molar-refractivity contribution in [3.8, 4) is 33.4 Å². The van der Waals surface area contributed by atoms with Crippen molar-refractivity contribution in [3.63, 3.8) is 0 Å². The van der Waals surface area contributed by atoms with Gasteiger partial charge in [0.2, 0.25) is 0 Å². The molecule has 272 valence electrons. The van der Waals surface area contributed by atoms with Crippen molar-refractivity contribution in [2.24, 2.45) is 0 Å². The Balaban J connectivity index is 1.33. The van der Waals surface area contributed by atoms with E-state index in [1.165, 1.54) is 77.2 Å². The molecule has 10 aromatic rings. The molecule has 1 aliphatic carbocycles. The van der Waals surface area contributed by atoms with E-state index in [1.54, 1.807) is 0 Å². The zero-order valence-electron chi connectivity index (χ0n) is 32.0. The number of benzene rings is 10. The number of anilines is 3. The van der Waals surface area contributed by atoms with Gasteiger partial charge in [-0.05, 0) is 96.7 Å². The number of fused-ring (bicyclic) bond motifs is 7. The number of hydrogen-bond acceptors (Lipinski definition) is 1. The maximum absolute atomic E-state index is 2.53. The summed E-state index contributed by atoms with van der Waals surface area (Å²) in [6.07, 6.45) is 0. The molecule has 0 saturated carbocycles. The third-order valence-electron chi connectivity index (χ3n) is 12.1. The molecule has 0 aromatic heterocycles. The second-order valence-corrected chi connectivity index (χ2v) is 15.2. The van der Waals surface area contributed by atoms with Gasteiger partial charge in [0.15, 0.2) is 0 Å². The van der Waals surface area contributed by atoms with Crippen molar-refractivity contribution in [1.82, 2.24) is 0 Å². The van der Waals surface area contributed by atoms with Gasteiger partial charge in [-0.15, -0.1) is 0 Å². The van der Waals surface area contributed by atoms with Crippen LogP contribution in [0.4, 0.5) is 17.1 Å². The third-order valence-corrected chi connectivity index (χ3v) is 12.1. The average Bonchev–Trinajstić information content (AvgIpc) is 3.41. The summed E-state index contributed by atoms with van der Waals surface area (Å²) in [5.41, 5.74) is 15.2. The molecule has 1 nitrogen and oxygen atoms in total. The van der Waals surface area contributed by atoms with Crippen molar-refractivity contribution in [1.29, 1.82) is 0 Å². The Bertz CT molecular complexity index is 2990. The second-order valence-electron chi connectivity index (χ2n) is 15.2. The summed E-state index contributed by atoms with van der Waals surface area (Å²) in [5.74, 6) is 0. The first-order valence-electron chi connectivity index (χ1n) is 20.1. The lowest BCUT2D eigenvalue weighted by Crippen LogP contribution is -2.31. The predicted molar refractivity (Wildman–Crippen MR) is 244 cm³/mol. The summed E-state index contributed by atoms with van der Waals surface area (Å²) in [5, 5.41) is 4.82. The summed E-state index contributed by atoms with van der Waals surface area (Å²) in [4.78, 5) is 2.44. The summed E-state index contributed by atoms with van der Waals surface area (Å²) < 4.78 is 0. The van der Waals surface area contributed by atoms with Crippen LogP contribution in [0.15, 0.2) is 237 Å². The van der Waals surface area contributed by atoms with Crippen LogP contribution in [0.1, 0.15) is 22.3 Å². The van der Waals surface area contributed by atoms with Crippen molar-refractivity contribution >= 4 is 38.6 Å². The first-order chi connectivity index (χ1) is 28.8. The molecule has 10 aromatic carbocycles. The minimum Gasteiger partial charge on any atom is -0.309 e. The normalized spacial score (nSPS) is 12.6. The monoisotopic (exact) mass is 737 g/mol. The van der Waals surface area contributed by atoms with Crippen LogP contribution in [0, 0.1) is 0 Å². The molecule has 0 radical (unpaired) electrons. The summed E-state index contributed by atoms with van der Waals surface area (Å²) >= 11 is 0. The van der Waals surface area contributed by atoms with Gasteiger partial charge in [0.25, 0.3) is 0 Å². The molecule has 0 bridgehead atoms. The maximum Gasteiger partial charge on any atom is 0.0713 e. The quantitative estimate of drug-likeness (QED) is 0.154. The lowest BCUT2D eigenvalue weighted by atomic mass is 9.63. The molecule has 0 heterocycles. The van der Waals surface area contributed by atoms with Gasteiger partial charge in [-0.2, -0.15) is 0 Å². The van der Waals surface area contributed by atoms with Gasteiger partial charge in [0.05, 0.1) is 11.1 Å². The van der Waals surface area contributed by atoms with Gasteiger partial charge in [0, 0.05) is 22.1 Å². The van der Waals surface area contributed by atoms with Gasteiger partial charge in [-0.25, -0.2) is 0 Å². The van der Waals surface area contributed by atoms with Crippen LogP contribution < -0.4 is 4.90 Å². The molecular formula is C57H39N. The van der Waals surface area contributed by atoms with E-state index < -0.39 is 5.41 Å². The zero-order chi connectivity index (χ0) is 38.5. The highest BCUT2D eigenvalue weighted by atomic mass is 15.1. The SMILES string of the molecule is c1ccc(-c2c3ccccc3c(N(c3ccccc3)c3ccccc3)c3ccc(C4(c5ccccc5)c5ccccc5-c5ccccc5-c5ccccc54)cc23)cc1. The Morgan fingerprint density at radius 3 is 1.29 bits per heavy atom. The fourth-order valence-electron chi connectivity index (χ4n) is 9.77. The molecule has 0 aliphatic heterocycles. The van der Waals surface area contributed by atoms with E-state index >= 15 is 0 Å². The van der Waals surface area contributed by atoms with E-state index in [4.69, 9.17) is 0 Å². The highest BCUT2D eigenvalue weighted by molar-refractivity contribution is 6.22. The number of nitrogens with zero attached hydrogens (tertiary/aromatic N) is 1. The molecule has 0 saturated heterocycles. The average molecular weight is 738 g/mol. The largest absolute Gasteiger partial charge is 0.309 e. The number of para-hydroxylation sites is 2. The molecular weight excluding hydrogens is 699 g/mol. The molecule has 0 atom stereocenters. The highest BCUT2D eigenvalue weighted by Crippen LogP contribution is 2.56. The van der Waals surface area contributed by atoms with Crippen molar-refractivity contribution in [2.45, 2.75) is 5.41 Å². The Labute approximate surface area is 339 Å². The van der Waals surface area contributed by atoms with E-state index in [0.717, 1.165) is 17.1 Å². The van der Waals surface area contributed by atoms with Crippen LogP contribution in [0.3, 0.4) is 0 Å². The summed E-state index contributed by atoms with van der Waals surface area (Å²) in [6.45, 7) is 0. The number of hydrogen-bond donors (Lipinski definition) is 0. The highest BCUT2D eigenvalue weighted by Gasteiger charge is 2.44. The van der Waals surface area contributed by atoms with Crippen LogP contribution >= 0.6 is 0 Å². The fourth-order valence-corrected chi connectivity index (χ4v) is 9.77. The molecule has 1 heteroatoms. The zero-order valence-corrected chi connectivity index (χ0v) is 32.0. The van der Waals surface area contributed by atoms with Crippen molar-refractivity contribution < 1.29 is 0 Å². The van der Waals surface area contributed by atoms with Crippen LogP contribution in [0.2, 0.25) is 0 Å². The molecule has 0 spiro atoms. The molecule has 0 unspecified atom stereocenters. The van der Waals surface area contributed by atoms with Crippen LogP contribution in [0.25, 0.3) is 54.9 Å². The number of rotatable bonds is 6. The van der Waals surface area contributed by atoms with Crippen molar-refractivity contribution in [3.05, 3.63) is 259 Å². The van der Waals surface area contributed by atoms with Gasteiger partial charge in [-0.1, -0.05) is 206 Å². The molecule has 11 rings (SSSR count). The summed E-state index contributed by atoms with van der Waals surface area (Å²) in [7, 11) is 0. The Morgan fingerprint density at radius 2 is 0.724 bits per heavy atom. The minimum absolute atomic E-state index is 0.653. The predicted octanol–water partition coefficient (Wildman–Crippen LogP) is 15.2. The second kappa shape index (κ2) is 13.9. The van der Waals surface area contributed by atoms with Crippen LogP contribution in [-0.4, -0.2) is 0 Å². The molecule has 0 fully saturated rings. The van der Waals surface area contributed by atoms with E-state index in [0.29, 0.717) is 0 Å². The first kappa shape index (κ1) is 33.8. The lowest BCUT2D eigenvalue weighted by molar-refractivity contribution is 0.753. The maximum atomic E-state index is 2.53. The lowest BCUT2D eigenvalue weighted by Gasteiger charge is -2.38. The van der Waals surface area contributed by atoms with E-state index in [-0.39, 0.29) is 0 Å². The van der Waals surface area contributed by atoms with Gasteiger partial charge in [-0.3, -0.25) is 0 Å². The van der Waals surface area contributed by atoms with Crippen LogP contribution in [-0.2, 0) is 5.41 Å². The van der Waals surface area contributed by atoms with Gasteiger partial charge >= 0.3 is 0 Å². The third kappa shape index (κ3) is 5.17. The van der Waals surface area contributed by atoms with E-state index in [9.17, 15) is 0 Å². The Kier molecular flexibility index (Phi) is 8.12. The Hall–Kier alpha value is -7.48. The van der Waals surface area contributed by atoms with Gasteiger partial charge in [0.1, 0.15) is 0 Å². The Morgan fingerprint density at radius 1 is 0.293 bits per heavy atom. The molecule has 1 aliphatic rings. The van der Waals surface area contributed by atoms with E-state index in [2.05, 4.69) is 241 Å². The molecule has 0 amide bonds. The van der Waals surface area contributed by atoms with E-state index in [1.807, 2.05) is 0 Å². The molecule has 58 heavy (non-hydrogen) atoms. The topological polar surface area (TPSA) is 3.24 Å². The van der Waals surface area contributed by atoms with Crippen molar-refractivity contribution in [2.75, 3.05) is 4.90 Å². The minimum atomic E-state index is -0.653. The smallest absolute Gasteiger partial charge is 0.0713 e. The van der Waals surface area contributed by atoms with Gasteiger partial charge < -0.3 is 4.90 Å². The standard InChI is InChI=1S/C57H39N/c1-5-21-40(22-6-1)55-49-33-15-16-34-50(49)56(58(43-25-9-3-10-26-43)44-27-11-4-12-28-44)51-38-37-42(39-52(51)55)57(41-23-7-2-8-24-41)53-35-19-17-31-47(53)45-29-13-14-30-46(45)48-32-18-20-36-54(48)57/h1-39H.